The number of rotatable bonds is 6. The topological polar surface area (TPSA) is 213 Å². The Morgan fingerprint density at radius 2 is 1.05 bits per heavy atom. The molecule has 15 nitrogen and oxygen atoms in total. The molecule has 15 heteroatoms. The molecule has 5 aromatic rings. The second-order valence-electron chi connectivity index (χ2n) is 7.73. The van der Waals surface area contributed by atoms with Gasteiger partial charge in [-0.3, -0.25) is 20.0 Å². The number of carbonyl (C=O) groups is 2. The Morgan fingerprint density at radius 1 is 0.632 bits per heavy atom. The first-order valence-corrected chi connectivity index (χ1v) is 10.8. The molecular formula is C23H17N9O6. The molecule has 0 atom stereocenters. The Hall–Kier alpha value is -5.67. The minimum atomic E-state index is -0.885. The summed E-state index contributed by atoms with van der Waals surface area (Å²) in [5.74, 6) is -2.58. The summed E-state index contributed by atoms with van der Waals surface area (Å²) in [7, 11) is 0. The number of hydroxylamine groups is 2. The minimum Gasteiger partial charge on any atom is -0.505 e. The van der Waals surface area contributed by atoms with Crippen LogP contribution in [0.1, 0.15) is 20.7 Å². The van der Waals surface area contributed by atoms with E-state index in [4.69, 9.17) is 10.4 Å². The summed E-state index contributed by atoms with van der Waals surface area (Å²) < 4.78 is 2.50. The van der Waals surface area contributed by atoms with E-state index in [0.29, 0.717) is 22.8 Å². The maximum Gasteiger partial charge on any atom is 0.278 e. The Labute approximate surface area is 212 Å². The average Bonchev–Trinajstić information content (AvgIpc) is 3.63. The molecule has 38 heavy (non-hydrogen) atoms. The smallest absolute Gasteiger partial charge is 0.278 e. The summed E-state index contributed by atoms with van der Waals surface area (Å²) in [6.07, 6.45) is 2.99. The zero-order valence-corrected chi connectivity index (χ0v) is 19.1. The van der Waals surface area contributed by atoms with Gasteiger partial charge in [-0.1, -0.05) is 28.6 Å². The van der Waals surface area contributed by atoms with Crippen LogP contribution in [0, 0.1) is 0 Å². The van der Waals surface area contributed by atoms with Crippen molar-refractivity contribution in [1.29, 1.82) is 0 Å². The first-order chi connectivity index (χ1) is 18.4. The monoisotopic (exact) mass is 515 g/mol. The Morgan fingerprint density at radius 3 is 1.47 bits per heavy atom. The molecule has 0 aliphatic carbocycles. The number of aromatic hydroxyl groups is 2. The van der Waals surface area contributed by atoms with Crippen molar-refractivity contribution in [3.05, 3.63) is 78.1 Å². The number of pyridine rings is 1. The van der Waals surface area contributed by atoms with E-state index in [1.54, 1.807) is 18.2 Å². The number of amides is 2. The van der Waals surface area contributed by atoms with E-state index in [-0.39, 0.29) is 22.5 Å². The predicted octanol–water partition coefficient (Wildman–Crippen LogP) is 1.23. The largest absolute Gasteiger partial charge is 0.505 e. The first kappa shape index (κ1) is 24.0. The van der Waals surface area contributed by atoms with E-state index in [9.17, 15) is 19.8 Å². The van der Waals surface area contributed by atoms with E-state index in [2.05, 4.69) is 25.6 Å². The van der Waals surface area contributed by atoms with Gasteiger partial charge in [0.15, 0.2) is 11.5 Å². The number of benzene rings is 2. The van der Waals surface area contributed by atoms with E-state index in [0.717, 1.165) is 0 Å². The normalized spacial score (nSPS) is 10.8. The standard InChI is InChI=1S/C23H17N9O6/c33-20-12(22(35)27-37)4-1-8-18(20)31-10-16(25-29-31)14-6-3-7-15(24-14)17-11-32(30-26-17)19-9-2-5-13(21(19)34)23(36)28-38/h1-11,33-34,37-38H,(H,27,35)(H,28,36). The summed E-state index contributed by atoms with van der Waals surface area (Å²) in [6, 6.07) is 13.8. The molecule has 3 aromatic heterocycles. The van der Waals surface area contributed by atoms with Crippen LogP contribution in [-0.4, -0.2) is 67.4 Å². The van der Waals surface area contributed by atoms with Gasteiger partial charge in [0.2, 0.25) is 0 Å². The third-order valence-corrected chi connectivity index (χ3v) is 5.48. The van der Waals surface area contributed by atoms with E-state index >= 15 is 0 Å². The molecule has 5 rings (SSSR count). The van der Waals surface area contributed by atoms with Gasteiger partial charge in [0.25, 0.3) is 11.8 Å². The van der Waals surface area contributed by atoms with Crippen molar-refractivity contribution in [3.8, 4) is 45.6 Å². The highest BCUT2D eigenvalue weighted by Gasteiger charge is 2.18. The molecule has 6 N–H and O–H groups in total. The van der Waals surface area contributed by atoms with Crippen LogP contribution in [0.3, 0.4) is 0 Å². The molecule has 0 radical (unpaired) electrons. The number of hydrogen-bond donors (Lipinski definition) is 6. The van der Waals surface area contributed by atoms with Crippen molar-refractivity contribution in [2.24, 2.45) is 0 Å². The third-order valence-electron chi connectivity index (χ3n) is 5.48. The molecule has 0 saturated heterocycles. The van der Waals surface area contributed by atoms with Gasteiger partial charge in [-0.2, -0.15) is 0 Å². The second-order valence-corrected chi connectivity index (χ2v) is 7.73. The van der Waals surface area contributed by atoms with Crippen molar-refractivity contribution in [2.75, 3.05) is 0 Å². The summed E-state index contributed by atoms with van der Waals surface area (Å²) in [4.78, 5) is 28.1. The number of nitrogens with zero attached hydrogens (tertiary/aromatic N) is 7. The lowest BCUT2D eigenvalue weighted by Crippen LogP contribution is -2.19. The molecule has 2 aromatic carbocycles. The fourth-order valence-corrected chi connectivity index (χ4v) is 3.64. The lowest BCUT2D eigenvalue weighted by atomic mass is 10.1. The summed E-state index contributed by atoms with van der Waals surface area (Å²) in [5, 5.41) is 54.8. The molecule has 0 saturated carbocycles. The van der Waals surface area contributed by atoms with Gasteiger partial charge in [-0.25, -0.2) is 25.3 Å². The van der Waals surface area contributed by atoms with Gasteiger partial charge in [0.05, 0.1) is 34.9 Å². The second kappa shape index (κ2) is 9.76. The summed E-state index contributed by atoms with van der Waals surface area (Å²) in [5.41, 5.74) is 4.45. The fraction of sp³-hybridized carbons (Fsp3) is 0. The molecule has 0 spiro atoms. The Bertz CT molecular complexity index is 1560. The summed E-state index contributed by atoms with van der Waals surface area (Å²) in [6.45, 7) is 0. The van der Waals surface area contributed by atoms with Gasteiger partial charge in [0, 0.05) is 0 Å². The number of carbonyl (C=O) groups excluding carboxylic acids is 2. The molecule has 2 amide bonds. The van der Waals surface area contributed by atoms with Gasteiger partial charge in [-0.15, -0.1) is 10.2 Å². The van der Waals surface area contributed by atoms with Crippen LogP contribution in [0.4, 0.5) is 0 Å². The number of hydrogen-bond acceptors (Lipinski definition) is 11. The van der Waals surface area contributed by atoms with Crippen LogP contribution in [0.25, 0.3) is 34.2 Å². The SMILES string of the molecule is O=C(NO)c1cccc(-n2cc(-c3cccc(-c4cn(-c5cccc(C(=O)NO)c5O)nn4)n3)nn2)c1O. The van der Waals surface area contributed by atoms with Crippen molar-refractivity contribution in [3.63, 3.8) is 0 Å². The van der Waals surface area contributed by atoms with Crippen LogP contribution in [-0.2, 0) is 0 Å². The lowest BCUT2D eigenvalue weighted by Gasteiger charge is -2.07. The summed E-state index contributed by atoms with van der Waals surface area (Å²) >= 11 is 0. The molecular weight excluding hydrogens is 498 g/mol. The fourth-order valence-electron chi connectivity index (χ4n) is 3.64. The molecule has 0 aliphatic heterocycles. The van der Waals surface area contributed by atoms with Gasteiger partial charge in [0.1, 0.15) is 22.8 Å². The highest BCUT2D eigenvalue weighted by molar-refractivity contribution is 5.97. The van der Waals surface area contributed by atoms with Gasteiger partial charge >= 0.3 is 0 Å². The van der Waals surface area contributed by atoms with Crippen LogP contribution < -0.4 is 11.0 Å². The molecule has 0 unspecified atom stereocenters. The van der Waals surface area contributed by atoms with Crippen LogP contribution in [0.15, 0.2) is 67.0 Å². The lowest BCUT2D eigenvalue weighted by molar-refractivity contribution is 0.0698. The maximum absolute atomic E-state index is 11.8. The highest BCUT2D eigenvalue weighted by Crippen LogP contribution is 2.29. The van der Waals surface area contributed by atoms with E-state index < -0.39 is 23.3 Å². The highest BCUT2D eigenvalue weighted by atomic mass is 16.5. The van der Waals surface area contributed by atoms with Gasteiger partial charge < -0.3 is 10.2 Å². The molecule has 190 valence electrons. The van der Waals surface area contributed by atoms with Gasteiger partial charge in [-0.05, 0) is 36.4 Å². The number of para-hydroxylation sites is 2. The number of phenolic OH excluding ortho intramolecular Hbond substituents is 2. The Kier molecular flexibility index (Phi) is 6.18. The molecule has 0 aliphatic rings. The molecule has 3 heterocycles. The minimum absolute atomic E-state index is 0.154. The zero-order valence-electron chi connectivity index (χ0n) is 19.1. The van der Waals surface area contributed by atoms with E-state index in [1.807, 2.05) is 0 Å². The number of aromatic nitrogens is 7. The van der Waals surface area contributed by atoms with Crippen LogP contribution in [0.2, 0.25) is 0 Å². The Balaban J connectivity index is 1.45. The van der Waals surface area contributed by atoms with Crippen LogP contribution in [0.5, 0.6) is 11.5 Å². The van der Waals surface area contributed by atoms with E-state index in [1.165, 1.54) is 69.1 Å². The van der Waals surface area contributed by atoms with Crippen molar-refractivity contribution >= 4 is 11.8 Å². The third kappa shape index (κ3) is 4.25. The predicted molar refractivity (Wildman–Crippen MR) is 127 cm³/mol. The number of phenols is 2. The maximum atomic E-state index is 11.8. The zero-order chi connectivity index (χ0) is 26.8. The van der Waals surface area contributed by atoms with Crippen molar-refractivity contribution < 1.29 is 30.2 Å². The van der Waals surface area contributed by atoms with Crippen LogP contribution >= 0.6 is 0 Å². The first-order valence-electron chi connectivity index (χ1n) is 10.8. The van der Waals surface area contributed by atoms with Crippen molar-refractivity contribution in [2.45, 2.75) is 0 Å². The van der Waals surface area contributed by atoms with Crippen molar-refractivity contribution in [1.82, 2.24) is 45.9 Å². The number of nitrogens with one attached hydrogen (secondary N) is 2. The molecule has 0 fully saturated rings. The molecule has 0 bridgehead atoms. The average molecular weight is 515 g/mol. The quantitative estimate of drug-likeness (QED) is 0.140.